The van der Waals surface area contributed by atoms with Crippen molar-refractivity contribution in [1.29, 1.82) is 0 Å². The highest BCUT2D eigenvalue weighted by Crippen LogP contribution is 2.52. The van der Waals surface area contributed by atoms with Crippen LogP contribution in [0.4, 0.5) is 0 Å². The molecule has 2 aromatic carbocycles. The zero-order chi connectivity index (χ0) is 28.4. The Balaban J connectivity index is 1.44. The number of hydrogen-bond acceptors (Lipinski definition) is 4. The Hall–Kier alpha value is -2.68. The van der Waals surface area contributed by atoms with Gasteiger partial charge in [0.1, 0.15) is 12.4 Å². The van der Waals surface area contributed by atoms with Gasteiger partial charge in [-0.3, -0.25) is 0 Å². The zero-order valence-corrected chi connectivity index (χ0v) is 26.1. The van der Waals surface area contributed by atoms with Crippen molar-refractivity contribution in [3.05, 3.63) is 58.7 Å². The van der Waals surface area contributed by atoms with Gasteiger partial charge in [-0.1, -0.05) is 57.5 Å². The number of ether oxygens (including phenoxy) is 3. The highest BCUT2D eigenvalue weighted by Gasteiger charge is 2.50. The van der Waals surface area contributed by atoms with Crippen LogP contribution in [-0.4, -0.2) is 28.6 Å². The van der Waals surface area contributed by atoms with E-state index in [0.717, 1.165) is 54.9 Å². The van der Waals surface area contributed by atoms with Gasteiger partial charge in [0.15, 0.2) is 19.8 Å². The molecule has 4 rings (SSSR count). The smallest absolute Gasteiger partial charge is 0.192 e. The van der Waals surface area contributed by atoms with Crippen LogP contribution >= 0.6 is 0 Å². The normalized spacial score (nSPS) is 22.7. The van der Waals surface area contributed by atoms with Crippen LogP contribution in [0.15, 0.2) is 42.0 Å². The van der Waals surface area contributed by atoms with Gasteiger partial charge in [0.25, 0.3) is 0 Å². The van der Waals surface area contributed by atoms with Gasteiger partial charge in [-0.2, -0.15) is 0 Å². The van der Waals surface area contributed by atoms with Crippen LogP contribution in [0, 0.1) is 23.7 Å². The fourth-order valence-corrected chi connectivity index (χ4v) is 7.24. The van der Waals surface area contributed by atoms with Crippen LogP contribution in [-0.2, 0) is 17.5 Å². The van der Waals surface area contributed by atoms with Gasteiger partial charge < -0.3 is 18.6 Å². The molecule has 2 aromatic rings. The molecule has 0 spiro atoms. The Morgan fingerprint density at radius 3 is 2.36 bits per heavy atom. The van der Waals surface area contributed by atoms with Crippen molar-refractivity contribution >= 4 is 14.4 Å². The Kier molecular flexibility index (Phi) is 8.59. The van der Waals surface area contributed by atoms with Crippen molar-refractivity contribution in [2.75, 3.05) is 14.2 Å². The summed E-state index contributed by atoms with van der Waals surface area (Å²) >= 11 is 0. The van der Waals surface area contributed by atoms with E-state index in [1.165, 1.54) is 16.7 Å². The summed E-state index contributed by atoms with van der Waals surface area (Å²) in [5.41, 5.74) is 4.91. The third-order valence-electron chi connectivity index (χ3n) is 9.46. The maximum atomic E-state index is 7.00. The Morgan fingerprint density at radius 1 is 1.03 bits per heavy atom. The maximum Gasteiger partial charge on any atom is 0.192 e. The lowest BCUT2D eigenvalue weighted by atomic mass is 9.74. The van der Waals surface area contributed by atoms with E-state index in [4.69, 9.17) is 25.1 Å². The summed E-state index contributed by atoms with van der Waals surface area (Å²) in [5, 5.41) is 0.182. The van der Waals surface area contributed by atoms with E-state index in [9.17, 15) is 0 Å². The molecule has 3 atom stereocenters. The fraction of sp³-hybridized carbons (Fsp3) is 0.529. The molecule has 0 N–H and O–H groups in total. The SMILES string of the molecule is C#C[C@@H]1CC[C@H](O[Si](C)(C)C(C)(C)C)[C@@]1(C)CCC1=Cc2ccc(OCc3ccc(OC)cc3)c(OC)c2C1. The molecule has 5 heteroatoms. The van der Waals surface area contributed by atoms with Crippen LogP contribution in [0.3, 0.4) is 0 Å². The second-order valence-corrected chi connectivity index (χ2v) is 17.7. The minimum atomic E-state index is -1.89. The molecule has 2 aliphatic rings. The van der Waals surface area contributed by atoms with Crippen molar-refractivity contribution in [3.8, 4) is 29.6 Å². The first-order valence-electron chi connectivity index (χ1n) is 14.2. The van der Waals surface area contributed by atoms with Crippen molar-refractivity contribution in [1.82, 2.24) is 0 Å². The van der Waals surface area contributed by atoms with Crippen LogP contribution < -0.4 is 14.2 Å². The molecule has 0 aliphatic heterocycles. The third-order valence-corrected chi connectivity index (χ3v) is 13.9. The molecule has 39 heavy (non-hydrogen) atoms. The summed E-state index contributed by atoms with van der Waals surface area (Å²) < 4.78 is 24.3. The predicted octanol–water partition coefficient (Wildman–Crippen LogP) is 8.44. The summed E-state index contributed by atoms with van der Waals surface area (Å²) in [6.07, 6.45) is 13.6. The average molecular weight is 547 g/mol. The van der Waals surface area contributed by atoms with E-state index in [2.05, 4.69) is 58.9 Å². The number of rotatable bonds is 10. The van der Waals surface area contributed by atoms with Crippen LogP contribution in [0.25, 0.3) is 6.08 Å². The zero-order valence-electron chi connectivity index (χ0n) is 25.1. The van der Waals surface area contributed by atoms with Gasteiger partial charge in [0.05, 0.1) is 20.3 Å². The number of allylic oxidation sites excluding steroid dienone is 1. The van der Waals surface area contributed by atoms with Crippen molar-refractivity contribution in [3.63, 3.8) is 0 Å². The highest BCUT2D eigenvalue weighted by atomic mass is 28.4. The molecular formula is C34H46O4Si. The molecule has 0 amide bonds. The summed E-state index contributed by atoms with van der Waals surface area (Å²) in [4.78, 5) is 0. The van der Waals surface area contributed by atoms with Crippen molar-refractivity contribution < 1.29 is 18.6 Å². The molecule has 2 aliphatic carbocycles. The molecule has 0 radical (unpaired) electrons. The molecule has 0 bridgehead atoms. The topological polar surface area (TPSA) is 36.9 Å². The average Bonchev–Trinajstić information content (AvgIpc) is 3.45. The van der Waals surface area contributed by atoms with E-state index in [-0.39, 0.29) is 22.5 Å². The standard InChI is InChI=1S/C34H46O4Si/c1-10-27-14-18-31(38-39(8,9)33(2,3)4)34(27,5)20-19-25-21-26-13-17-30(32(36-7)29(26)22-25)37-23-24-11-15-28(35-6)16-12-24/h1,11-13,15-17,21,27,31H,14,18-20,22-23H2,2-9H3/t27-,31+,34+/m1/s1. The summed E-state index contributed by atoms with van der Waals surface area (Å²) in [6, 6.07) is 12.1. The monoisotopic (exact) mass is 546 g/mol. The Morgan fingerprint density at radius 2 is 1.74 bits per heavy atom. The quantitative estimate of drug-likeness (QED) is 0.221. The number of methoxy groups -OCH3 is 2. The van der Waals surface area contributed by atoms with Gasteiger partial charge in [-0.15, -0.1) is 12.3 Å². The fourth-order valence-electron chi connectivity index (χ4n) is 5.78. The Bertz CT molecular complexity index is 1230. The lowest BCUT2D eigenvalue weighted by Gasteiger charge is -2.44. The lowest BCUT2D eigenvalue weighted by molar-refractivity contribution is 0.0545. The van der Waals surface area contributed by atoms with Gasteiger partial charge in [0.2, 0.25) is 0 Å². The number of hydrogen-bond donors (Lipinski definition) is 0. The van der Waals surface area contributed by atoms with Gasteiger partial charge in [0, 0.05) is 16.9 Å². The van der Waals surface area contributed by atoms with Crippen LogP contribution in [0.1, 0.15) is 70.1 Å². The first kappa shape index (κ1) is 29.3. The minimum Gasteiger partial charge on any atom is -0.497 e. The van der Waals surface area contributed by atoms with E-state index in [1.807, 2.05) is 30.3 Å². The lowest BCUT2D eigenvalue weighted by Crippen LogP contribution is -2.47. The second kappa shape index (κ2) is 11.4. The number of benzene rings is 2. The van der Waals surface area contributed by atoms with Crippen molar-refractivity contribution in [2.24, 2.45) is 11.3 Å². The second-order valence-electron chi connectivity index (χ2n) is 13.0. The predicted molar refractivity (Wildman–Crippen MR) is 163 cm³/mol. The molecule has 0 unspecified atom stereocenters. The highest BCUT2D eigenvalue weighted by molar-refractivity contribution is 6.74. The van der Waals surface area contributed by atoms with E-state index in [0.29, 0.717) is 6.61 Å². The number of terminal acetylenes is 1. The Labute approximate surface area is 237 Å². The van der Waals surface area contributed by atoms with E-state index in [1.54, 1.807) is 14.2 Å². The van der Waals surface area contributed by atoms with Gasteiger partial charge >= 0.3 is 0 Å². The third kappa shape index (κ3) is 6.08. The largest absolute Gasteiger partial charge is 0.497 e. The number of fused-ring (bicyclic) bond motifs is 1. The minimum absolute atomic E-state index is 0.0173. The molecule has 0 heterocycles. The molecule has 210 valence electrons. The van der Waals surface area contributed by atoms with E-state index < -0.39 is 8.32 Å². The molecule has 4 nitrogen and oxygen atoms in total. The summed E-state index contributed by atoms with van der Waals surface area (Å²) in [5.74, 6) is 5.84. The van der Waals surface area contributed by atoms with Crippen LogP contribution in [0.2, 0.25) is 18.1 Å². The van der Waals surface area contributed by atoms with Crippen molar-refractivity contribution in [2.45, 2.75) is 90.6 Å². The summed E-state index contributed by atoms with van der Waals surface area (Å²) in [7, 11) is 1.51. The molecule has 0 aromatic heterocycles. The molecule has 0 saturated heterocycles. The van der Waals surface area contributed by atoms with Gasteiger partial charge in [-0.05, 0) is 79.6 Å². The molecule has 1 fully saturated rings. The molecule has 1 saturated carbocycles. The first-order chi connectivity index (χ1) is 18.4. The van der Waals surface area contributed by atoms with Gasteiger partial charge in [-0.25, -0.2) is 0 Å². The maximum absolute atomic E-state index is 7.00. The van der Waals surface area contributed by atoms with E-state index >= 15 is 0 Å². The first-order valence-corrected chi connectivity index (χ1v) is 17.1. The summed E-state index contributed by atoms with van der Waals surface area (Å²) in [6.45, 7) is 14.5. The van der Waals surface area contributed by atoms with Crippen LogP contribution in [0.5, 0.6) is 17.2 Å². The molecular weight excluding hydrogens is 500 g/mol.